The molecular weight excluding hydrogens is 361 g/mol. The molecule has 27 heavy (non-hydrogen) atoms. The van der Waals surface area contributed by atoms with Gasteiger partial charge in [0.1, 0.15) is 10.6 Å². The molecule has 0 saturated heterocycles. The molecule has 1 aliphatic carbocycles. The standard InChI is InChI=1S/C21H24FN3OS/c1-13(2)24-16-6-7-17-18(11-16)27-20-19(17)21(26)25(12-23-20)9-8-14-4-3-5-15(22)10-14/h3-5,10,12-13,16,24H,6-9,11H2,1-2H3/t16-/m1/s1. The zero-order valence-corrected chi connectivity index (χ0v) is 16.5. The first-order valence-electron chi connectivity index (χ1n) is 9.51. The minimum Gasteiger partial charge on any atom is -0.311 e. The molecule has 0 fully saturated rings. The second-order valence-corrected chi connectivity index (χ2v) is 8.65. The van der Waals surface area contributed by atoms with E-state index in [2.05, 4.69) is 24.1 Å². The number of fused-ring (bicyclic) bond motifs is 3. The van der Waals surface area contributed by atoms with E-state index < -0.39 is 0 Å². The van der Waals surface area contributed by atoms with Crippen molar-refractivity contribution < 1.29 is 4.39 Å². The molecule has 6 heteroatoms. The van der Waals surface area contributed by atoms with Crippen molar-refractivity contribution in [3.05, 3.63) is 62.8 Å². The van der Waals surface area contributed by atoms with Gasteiger partial charge in [-0.05, 0) is 48.9 Å². The van der Waals surface area contributed by atoms with E-state index in [0.717, 1.165) is 35.0 Å². The van der Waals surface area contributed by atoms with Gasteiger partial charge >= 0.3 is 0 Å². The van der Waals surface area contributed by atoms with Crippen LogP contribution in [0.25, 0.3) is 10.2 Å². The van der Waals surface area contributed by atoms with Gasteiger partial charge in [0.15, 0.2) is 0 Å². The van der Waals surface area contributed by atoms with Crippen LogP contribution >= 0.6 is 11.3 Å². The van der Waals surface area contributed by atoms with Crippen LogP contribution in [0.1, 0.15) is 36.3 Å². The fourth-order valence-electron chi connectivity index (χ4n) is 3.92. The number of hydrogen-bond donors (Lipinski definition) is 1. The summed E-state index contributed by atoms with van der Waals surface area (Å²) in [6, 6.07) is 7.47. The average Bonchev–Trinajstić information content (AvgIpc) is 2.99. The fraction of sp³-hybridized carbons (Fsp3) is 0.429. The molecule has 2 aromatic heterocycles. The zero-order valence-electron chi connectivity index (χ0n) is 15.7. The lowest BCUT2D eigenvalue weighted by molar-refractivity contribution is 0.425. The summed E-state index contributed by atoms with van der Waals surface area (Å²) in [5.74, 6) is -0.245. The van der Waals surface area contributed by atoms with Crippen molar-refractivity contribution in [2.45, 2.75) is 58.2 Å². The maximum absolute atomic E-state index is 13.4. The van der Waals surface area contributed by atoms with Crippen LogP contribution in [0.2, 0.25) is 0 Å². The maximum Gasteiger partial charge on any atom is 0.262 e. The Morgan fingerprint density at radius 2 is 2.26 bits per heavy atom. The van der Waals surface area contributed by atoms with E-state index in [1.807, 2.05) is 6.07 Å². The molecule has 4 nitrogen and oxygen atoms in total. The second kappa shape index (κ2) is 7.52. The van der Waals surface area contributed by atoms with Crippen LogP contribution in [-0.2, 0) is 25.8 Å². The number of benzene rings is 1. The number of rotatable bonds is 5. The van der Waals surface area contributed by atoms with Gasteiger partial charge in [-0.15, -0.1) is 11.3 Å². The van der Waals surface area contributed by atoms with Crippen molar-refractivity contribution >= 4 is 21.6 Å². The topological polar surface area (TPSA) is 46.9 Å². The number of halogens is 1. The average molecular weight is 386 g/mol. The van der Waals surface area contributed by atoms with Crippen molar-refractivity contribution in [2.24, 2.45) is 0 Å². The monoisotopic (exact) mass is 385 g/mol. The van der Waals surface area contributed by atoms with E-state index in [-0.39, 0.29) is 11.4 Å². The molecule has 0 unspecified atom stereocenters. The summed E-state index contributed by atoms with van der Waals surface area (Å²) in [6.07, 6.45) is 5.18. The van der Waals surface area contributed by atoms with Crippen molar-refractivity contribution in [1.82, 2.24) is 14.9 Å². The van der Waals surface area contributed by atoms with E-state index in [1.54, 1.807) is 28.3 Å². The van der Waals surface area contributed by atoms with Crippen LogP contribution in [0.5, 0.6) is 0 Å². The molecule has 0 saturated carbocycles. The highest BCUT2D eigenvalue weighted by molar-refractivity contribution is 7.18. The Balaban J connectivity index is 1.60. The van der Waals surface area contributed by atoms with Crippen LogP contribution in [-0.4, -0.2) is 21.6 Å². The molecule has 142 valence electrons. The summed E-state index contributed by atoms with van der Waals surface area (Å²) in [5, 5.41) is 4.40. The maximum atomic E-state index is 13.4. The summed E-state index contributed by atoms with van der Waals surface area (Å²) in [6.45, 7) is 4.84. The molecule has 2 heterocycles. The van der Waals surface area contributed by atoms with E-state index >= 15 is 0 Å². The molecule has 1 N–H and O–H groups in total. The van der Waals surface area contributed by atoms with Crippen molar-refractivity contribution in [1.29, 1.82) is 0 Å². The third kappa shape index (κ3) is 3.82. The van der Waals surface area contributed by atoms with E-state index in [9.17, 15) is 9.18 Å². The molecule has 1 atom stereocenters. The summed E-state index contributed by atoms with van der Waals surface area (Å²) in [4.78, 5) is 19.7. The first kappa shape index (κ1) is 18.3. The Kier molecular flexibility index (Phi) is 5.10. The van der Waals surface area contributed by atoms with Crippen LogP contribution in [0, 0.1) is 5.82 Å². The van der Waals surface area contributed by atoms with E-state index in [4.69, 9.17) is 0 Å². The van der Waals surface area contributed by atoms with Gasteiger partial charge in [-0.3, -0.25) is 9.36 Å². The van der Waals surface area contributed by atoms with Crippen molar-refractivity contribution in [2.75, 3.05) is 0 Å². The molecule has 0 radical (unpaired) electrons. The van der Waals surface area contributed by atoms with Gasteiger partial charge in [-0.25, -0.2) is 9.37 Å². The van der Waals surface area contributed by atoms with Gasteiger partial charge in [0.05, 0.1) is 11.7 Å². The molecule has 1 aromatic carbocycles. The van der Waals surface area contributed by atoms with Crippen molar-refractivity contribution in [3.63, 3.8) is 0 Å². The second-order valence-electron chi connectivity index (χ2n) is 7.57. The number of thiophene rings is 1. The Morgan fingerprint density at radius 3 is 3.04 bits per heavy atom. The smallest absolute Gasteiger partial charge is 0.262 e. The first-order chi connectivity index (χ1) is 13.0. The predicted octanol–water partition coefficient (Wildman–Crippen LogP) is 3.70. The summed E-state index contributed by atoms with van der Waals surface area (Å²) >= 11 is 1.66. The molecular formula is C21H24FN3OS. The Hall–Kier alpha value is -2.05. The molecule has 0 aliphatic heterocycles. The lowest BCUT2D eigenvalue weighted by atomic mass is 9.92. The molecule has 0 bridgehead atoms. The van der Waals surface area contributed by atoms with E-state index in [0.29, 0.717) is 25.0 Å². The van der Waals surface area contributed by atoms with Gasteiger partial charge in [-0.1, -0.05) is 26.0 Å². The lowest BCUT2D eigenvalue weighted by Gasteiger charge is -2.25. The number of aryl methyl sites for hydroxylation is 3. The summed E-state index contributed by atoms with van der Waals surface area (Å²) in [5.41, 5.74) is 2.11. The van der Waals surface area contributed by atoms with Crippen LogP contribution in [0.15, 0.2) is 35.4 Å². The third-order valence-corrected chi connectivity index (χ3v) is 6.30. The Bertz CT molecular complexity index is 1020. The quantitative estimate of drug-likeness (QED) is 0.729. The van der Waals surface area contributed by atoms with Gasteiger partial charge < -0.3 is 5.32 Å². The molecule has 4 rings (SSSR count). The lowest BCUT2D eigenvalue weighted by Crippen LogP contribution is -2.38. The molecule has 0 spiro atoms. The minimum atomic E-state index is -0.245. The third-order valence-electron chi connectivity index (χ3n) is 5.14. The van der Waals surface area contributed by atoms with Crippen LogP contribution in [0.3, 0.4) is 0 Å². The largest absolute Gasteiger partial charge is 0.311 e. The first-order valence-corrected chi connectivity index (χ1v) is 10.3. The highest BCUT2D eigenvalue weighted by Crippen LogP contribution is 2.33. The van der Waals surface area contributed by atoms with Crippen molar-refractivity contribution in [3.8, 4) is 0 Å². The normalized spacial score (nSPS) is 16.8. The number of aromatic nitrogens is 2. The predicted molar refractivity (Wildman–Crippen MR) is 108 cm³/mol. The van der Waals surface area contributed by atoms with Gasteiger partial charge in [0.25, 0.3) is 5.56 Å². The summed E-state index contributed by atoms with van der Waals surface area (Å²) in [7, 11) is 0. The number of hydrogen-bond acceptors (Lipinski definition) is 4. The highest BCUT2D eigenvalue weighted by Gasteiger charge is 2.25. The van der Waals surface area contributed by atoms with E-state index in [1.165, 1.54) is 22.6 Å². The molecule has 3 aromatic rings. The minimum absolute atomic E-state index is 0.0316. The zero-order chi connectivity index (χ0) is 19.0. The van der Waals surface area contributed by atoms with Gasteiger partial charge in [-0.2, -0.15) is 0 Å². The highest BCUT2D eigenvalue weighted by atomic mass is 32.1. The molecule has 1 aliphatic rings. The SMILES string of the molecule is CC(C)N[C@@H]1CCc2c(sc3ncn(CCc4cccc(F)c4)c(=O)c23)C1. The Morgan fingerprint density at radius 1 is 1.41 bits per heavy atom. The number of nitrogens with zero attached hydrogens (tertiary/aromatic N) is 2. The van der Waals surface area contributed by atoms with Crippen LogP contribution in [0.4, 0.5) is 4.39 Å². The fourth-order valence-corrected chi connectivity index (χ4v) is 5.17. The van der Waals surface area contributed by atoms with Gasteiger partial charge in [0, 0.05) is 23.5 Å². The number of nitrogens with one attached hydrogen (secondary N) is 1. The van der Waals surface area contributed by atoms with Gasteiger partial charge in [0.2, 0.25) is 0 Å². The summed E-state index contributed by atoms with van der Waals surface area (Å²) < 4.78 is 15.0. The van der Waals surface area contributed by atoms with Crippen LogP contribution < -0.4 is 10.9 Å². The Labute approximate surface area is 162 Å². The molecule has 0 amide bonds.